The fraction of sp³-hybridized carbons (Fsp3) is 0.350. The second-order valence-corrected chi connectivity index (χ2v) is 9.14. The van der Waals surface area contributed by atoms with Gasteiger partial charge in [0.1, 0.15) is 6.04 Å². The molecular weight excluding hydrogens is 394 g/mol. The molecule has 0 aromatic heterocycles. The predicted octanol–water partition coefficient (Wildman–Crippen LogP) is 2.33. The van der Waals surface area contributed by atoms with Crippen LogP contribution in [-0.2, 0) is 27.8 Å². The molecule has 8 nitrogen and oxygen atoms in total. The number of carbonyl (C=O) groups excluding carboxylic acids is 1. The van der Waals surface area contributed by atoms with Crippen LogP contribution in [0.1, 0.15) is 24.0 Å². The van der Waals surface area contributed by atoms with Crippen LogP contribution in [0.15, 0.2) is 53.4 Å². The highest BCUT2D eigenvalue weighted by Gasteiger charge is 2.43. The number of carbonyl (C=O) groups is 1. The number of amides is 1. The molecule has 2 heterocycles. The minimum atomic E-state index is -4.16. The van der Waals surface area contributed by atoms with Crippen molar-refractivity contribution in [1.82, 2.24) is 9.21 Å². The maximum atomic E-state index is 13.2. The average molecular weight is 415 g/mol. The van der Waals surface area contributed by atoms with Gasteiger partial charge in [-0.3, -0.25) is 14.9 Å². The predicted molar refractivity (Wildman–Crippen MR) is 106 cm³/mol. The highest BCUT2D eigenvalue weighted by molar-refractivity contribution is 7.89. The number of nitrogens with zero attached hydrogens (tertiary/aromatic N) is 3. The molecule has 1 fully saturated rings. The van der Waals surface area contributed by atoms with E-state index in [9.17, 15) is 23.3 Å². The lowest BCUT2D eigenvalue weighted by Gasteiger charge is -2.33. The molecule has 0 N–H and O–H groups in total. The molecule has 0 saturated carbocycles. The van der Waals surface area contributed by atoms with Crippen LogP contribution in [0.2, 0.25) is 0 Å². The van der Waals surface area contributed by atoms with Crippen molar-refractivity contribution in [3.8, 4) is 0 Å². The molecule has 4 rings (SSSR count). The van der Waals surface area contributed by atoms with Crippen LogP contribution in [0.4, 0.5) is 5.69 Å². The zero-order valence-electron chi connectivity index (χ0n) is 15.7. The van der Waals surface area contributed by atoms with E-state index in [2.05, 4.69) is 0 Å². The lowest BCUT2D eigenvalue weighted by molar-refractivity contribution is -0.387. The van der Waals surface area contributed by atoms with E-state index >= 15 is 0 Å². The maximum absolute atomic E-state index is 13.2. The molecule has 0 radical (unpaired) electrons. The van der Waals surface area contributed by atoms with Gasteiger partial charge in [-0.2, -0.15) is 4.31 Å². The third-order valence-corrected chi connectivity index (χ3v) is 7.54. The quantitative estimate of drug-likeness (QED) is 0.563. The van der Waals surface area contributed by atoms with Crippen molar-refractivity contribution in [2.75, 3.05) is 13.1 Å². The van der Waals surface area contributed by atoms with Crippen LogP contribution in [0, 0.1) is 10.1 Å². The number of nitro benzene ring substituents is 1. The standard InChI is InChI=1S/C20H21N3O5S/c24-20(21-13-11-15-6-1-2-7-16(15)14-21)18-9-5-12-22(18)29(27,28)19-10-4-3-8-17(19)23(25)26/h1-4,6-8,10,18H,5,9,11-14H2. The van der Waals surface area contributed by atoms with Crippen LogP contribution in [-0.4, -0.2) is 47.6 Å². The summed E-state index contributed by atoms with van der Waals surface area (Å²) < 4.78 is 27.6. The van der Waals surface area contributed by atoms with E-state index in [0.29, 0.717) is 25.9 Å². The fourth-order valence-corrected chi connectivity index (χ4v) is 5.93. The lowest BCUT2D eigenvalue weighted by Crippen LogP contribution is -2.49. The topological polar surface area (TPSA) is 101 Å². The van der Waals surface area contributed by atoms with Gasteiger partial charge in [-0.05, 0) is 36.5 Å². The third-order valence-electron chi connectivity index (χ3n) is 5.58. The monoisotopic (exact) mass is 415 g/mol. The first-order valence-electron chi connectivity index (χ1n) is 9.50. The van der Waals surface area contributed by atoms with Crippen LogP contribution >= 0.6 is 0 Å². The van der Waals surface area contributed by atoms with Gasteiger partial charge in [-0.1, -0.05) is 36.4 Å². The molecule has 2 aromatic rings. The normalized spacial score (nSPS) is 19.7. The highest BCUT2D eigenvalue weighted by Crippen LogP contribution is 2.32. The largest absolute Gasteiger partial charge is 0.337 e. The molecule has 2 aliphatic rings. The summed E-state index contributed by atoms with van der Waals surface area (Å²) in [6.45, 7) is 1.16. The van der Waals surface area contributed by atoms with Gasteiger partial charge in [0.05, 0.1) is 4.92 Å². The summed E-state index contributed by atoms with van der Waals surface area (Å²) >= 11 is 0. The van der Waals surface area contributed by atoms with Gasteiger partial charge < -0.3 is 4.90 Å². The first-order chi connectivity index (χ1) is 13.9. The van der Waals surface area contributed by atoms with E-state index < -0.39 is 26.7 Å². The smallest absolute Gasteiger partial charge is 0.289 e. The Bertz CT molecular complexity index is 1070. The van der Waals surface area contributed by atoms with Crippen LogP contribution in [0.3, 0.4) is 0 Å². The molecule has 0 bridgehead atoms. The Hall–Kier alpha value is -2.78. The fourth-order valence-electron chi connectivity index (χ4n) is 4.12. The van der Waals surface area contributed by atoms with Crippen molar-refractivity contribution in [1.29, 1.82) is 0 Å². The average Bonchev–Trinajstić information content (AvgIpc) is 3.23. The molecule has 9 heteroatoms. The first-order valence-corrected chi connectivity index (χ1v) is 10.9. The number of hydrogen-bond donors (Lipinski definition) is 0. The number of fused-ring (bicyclic) bond motifs is 1. The maximum Gasteiger partial charge on any atom is 0.289 e. The third kappa shape index (κ3) is 3.51. The zero-order chi connectivity index (χ0) is 20.6. The summed E-state index contributed by atoms with van der Waals surface area (Å²) in [5.74, 6) is -0.237. The van der Waals surface area contributed by atoms with E-state index in [1.807, 2.05) is 24.3 Å². The first kappa shape index (κ1) is 19.5. The van der Waals surface area contributed by atoms with E-state index in [-0.39, 0.29) is 17.3 Å². The molecule has 1 atom stereocenters. The Morgan fingerprint density at radius 3 is 2.48 bits per heavy atom. The van der Waals surface area contributed by atoms with Gasteiger partial charge >= 0.3 is 0 Å². The Morgan fingerprint density at radius 2 is 1.72 bits per heavy atom. The van der Waals surface area contributed by atoms with E-state index in [1.165, 1.54) is 29.8 Å². The van der Waals surface area contributed by atoms with Gasteiger partial charge in [-0.25, -0.2) is 8.42 Å². The van der Waals surface area contributed by atoms with Gasteiger partial charge in [-0.15, -0.1) is 0 Å². The van der Waals surface area contributed by atoms with Crippen LogP contribution in [0.5, 0.6) is 0 Å². The minimum absolute atomic E-state index is 0.176. The van der Waals surface area contributed by atoms with Crippen molar-refractivity contribution in [3.63, 3.8) is 0 Å². The number of sulfonamides is 1. The molecule has 29 heavy (non-hydrogen) atoms. The molecule has 2 aromatic carbocycles. The summed E-state index contributed by atoms with van der Waals surface area (Å²) in [5.41, 5.74) is 1.79. The Labute approximate surface area is 168 Å². The number of hydrogen-bond acceptors (Lipinski definition) is 5. The SMILES string of the molecule is O=C(C1CCCN1S(=O)(=O)c1ccccc1[N+](=O)[O-])N1CCc2ccccc2C1. The zero-order valence-corrected chi connectivity index (χ0v) is 16.5. The summed E-state index contributed by atoms with van der Waals surface area (Å²) in [7, 11) is -4.16. The molecule has 2 aliphatic heterocycles. The van der Waals surface area contributed by atoms with Crippen molar-refractivity contribution in [2.24, 2.45) is 0 Å². The molecule has 152 valence electrons. The van der Waals surface area contributed by atoms with Gasteiger partial charge in [0, 0.05) is 25.7 Å². The van der Waals surface area contributed by atoms with Crippen LogP contribution < -0.4 is 0 Å². The molecule has 0 spiro atoms. The lowest BCUT2D eigenvalue weighted by atomic mass is 9.99. The number of para-hydroxylation sites is 1. The second-order valence-electron chi connectivity index (χ2n) is 7.28. The van der Waals surface area contributed by atoms with Gasteiger partial charge in [0.15, 0.2) is 4.90 Å². The Kier molecular flexibility index (Phi) is 5.10. The Balaban J connectivity index is 1.61. The summed E-state index contributed by atoms with van der Waals surface area (Å²) in [6.07, 6.45) is 1.68. The molecular formula is C20H21N3O5S. The van der Waals surface area contributed by atoms with Crippen LogP contribution in [0.25, 0.3) is 0 Å². The molecule has 1 amide bonds. The van der Waals surface area contributed by atoms with E-state index in [0.717, 1.165) is 16.3 Å². The minimum Gasteiger partial charge on any atom is -0.337 e. The van der Waals surface area contributed by atoms with Crippen molar-refractivity contribution in [2.45, 2.75) is 36.7 Å². The second kappa shape index (κ2) is 7.57. The van der Waals surface area contributed by atoms with E-state index in [1.54, 1.807) is 4.90 Å². The van der Waals surface area contributed by atoms with Gasteiger partial charge in [0.2, 0.25) is 5.91 Å². The van der Waals surface area contributed by atoms with Gasteiger partial charge in [0.25, 0.3) is 15.7 Å². The molecule has 1 saturated heterocycles. The van der Waals surface area contributed by atoms with Crippen molar-refractivity contribution < 1.29 is 18.1 Å². The summed E-state index contributed by atoms with van der Waals surface area (Å²) in [6, 6.07) is 12.4. The van der Waals surface area contributed by atoms with E-state index in [4.69, 9.17) is 0 Å². The number of benzene rings is 2. The highest BCUT2D eigenvalue weighted by atomic mass is 32.2. The number of nitro groups is 1. The number of rotatable bonds is 4. The summed E-state index contributed by atoms with van der Waals surface area (Å²) in [4.78, 5) is 25.1. The van der Waals surface area contributed by atoms with Crippen molar-refractivity contribution in [3.05, 3.63) is 69.8 Å². The molecule has 1 unspecified atom stereocenters. The molecule has 0 aliphatic carbocycles. The summed E-state index contributed by atoms with van der Waals surface area (Å²) in [5, 5.41) is 11.3. The van der Waals surface area contributed by atoms with Crippen molar-refractivity contribution >= 4 is 21.6 Å². The Morgan fingerprint density at radius 1 is 1.03 bits per heavy atom.